The third kappa shape index (κ3) is 12.4. The van der Waals surface area contributed by atoms with E-state index in [1.165, 1.54) is 64.2 Å². The number of ether oxygens (including phenoxy) is 3. The predicted molar refractivity (Wildman–Crippen MR) is 165 cm³/mol. The van der Waals surface area contributed by atoms with Crippen LogP contribution in [0.15, 0.2) is 17.7 Å². The minimum absolute atomic E-state index is 0.00572. The molecule has 0 saturated heterocycles. The highest BCUT2D eigenvalue weighted by atomic mass is 16.5. The van der Waals surface area contributed by atoms with Gasteiger partial charge < -0.3 is 14.2 Å². The van der Waals surface area contributed by atoms with E-state index in [2.05, 4.69) is 6.92 Å². The number of unbranched alkanes of at least 4 members (excludes halogenated alkanes) is 12. The molecule has 0 fully saturated rings. The molecule has 230 valence electrons. The fourth-order valence-corrected chi connectivity index (χ4v) is 5.60. The number of rotatable bonds is 21. The van der Waals surface area contributed by atoms with Gasteiger partial charge in [0.05, 0.1) is 12.7 Å². The molecular weight excluding hydrogens is 516 g/mol. The van der Waals surface area contributed by atoms with Crippen molar-refractivity contribution in [3.8, 4) is 11.5 Å². The zero-order valence-corrected chi connectivity index (χ0v) is 26.4. The molecule has 0 amide bonds. The van der Waals surface area contributed by atoms with Crippen LogP contribution in [-0.4, -0.2) is 30.7 Å². The van der Waals surface area contributed by atoms with Crippen molar-refractivity contribution in [3.05, 3.63) is 34.4 Å². The summed E-state index contributed by atoms with van der Waals surface area (Å²) in [6.45, 7) is 7.91. The molecule has 1 aliphatic rings. The standard InChI is InChI=1S/C35H54O6/c1-6-7-8-9-10-11-12-13-14-15-16-17-18-19-33(38)40-26-28-23-32(39-5)30-20-21-35(4,24-29(37)22-27(2)3)41-34(30)31(28)25-36/h22-23,25H,6-21,24,26H2,1-5H3. The van der Waals surface area contributed by atoms with Gasteiger partial charge in [0.1, 0.15) is 23.7 Å². The van der Waals surface area contributed by atoms with Crippen LogP contribution < -0.4 is 9.47 Å². The summed E-state index contributed by atoms with van der Waals surface area (Å²) in [6.07, 6.45) is 20.5. The first-order chi connectivity index (χ1) is 19.7. The van der Waals surface area contributed by atoms with E-state index in [4.69, 9.17) is 14.2 Å². The first-order valence-corrected chi connectivity index (χ1v) is 15.9. The Morgan fingerprint density at radius 3 is 2.07 bits per heavy atom. The van der Waals surface area contributed by atoms with Gasteiger partial charge in [-0.15, -0.1) is 0 Å². The van der Waals surface area contributed by atoms with Crippen LogP contribution in [0.4, 0.5) is 0 Å². The highest BCUT2D eigenvalue weighted by molar-refractivity contribution is 5.91. The van der Waals surface area contributed by atoms with E-state index in [1.807, 2.05) is 20.8 Å². The van der Waals surface area contributed by atoms with Crippen molar-refractivity contribution in [1.82, 2.24) is 0 Å². The van der Waals surface area contributed by atoms with Crippen molar-refractivity contribution in [2.24, 2.45) is 0 Å². The van der Waals surface area contributed by atoms with E-state index in [0.717, 1.165) is 36.7 Å². The zero-order valence-electron chi connectivity index (χ0n) is 26.4. The van der Waals surface area contributed by atoms with Crippen molar-refractivity contribution in [3.63, 3.8) is 0 Å². The Hall–Kier alpha value is -2.63. The van der Waals surface area contributed by atoms with Crippen LogP contribution in [0.2, 0.25) is 0 Å². The number of hydrogen-bond acceptors (Lipinski definition) is 6. The number of benzene rings is 1. The van der Waals surface area contributed by atoms with Crippen LogP contribution in [0.1, 0.15) is 152 Å². The van der Waals surface area contributed by atoms with Crippen molar-refractivity contribution in [1.29, 1.82) is 0 Å². The number of methoxy groups -OCH3 is 1. The lowest BCUT2D eigenvalue weighted by Crippen LogP contribution is -2.39. The molecule has 6 nitrogen and oxygen atoms in total. The third-order valence-corrected chi connectivity index (χ3v) is 7.93. The summed E-state index contributed by atoms with van der Waals surface area (Å²) in [4.78, 5) is 37.1. The van der Waals surface area contributed by atoms with Gasteiger partial charge in [-0.05, 0) is 52.2 Å². The van der Waals surface area contributed by atoms with Crippen LogP contribution in [0.25, 0.3) is 0 Å². The second kappa shape index (κ2) is 18.7. The number of carbonyl (C=O) groups is 3. The molecule has 0 aliphatic carbocycles. The summed E-state index contributed by atoms with van der Waals surface area (Å²) >= 11 is 0. The second-order valence-corrected chi connectivity index (χ2v) is 12.1. The van der Waals surface area contributed by atoms with Gasteiger partial charge in [-0.2, -0.15) is 0 Å². The number of allylic oxidation sites excluding steroid dienone is 2. The van der Waals surface area contributed by atoms with Crippen molar-refractivity contribution in [2.45, 2.75) is 149 Å². The Morgan fingerprint density at radius 2 is 1.54 bits per heavy atom. The molecule has 1 aliphatic heterocycles. The summed E-state index contributed by atoms with van der Waals surface area (Å²) < 4.78 is 17.5. The Balaban J connectivity index is 1.80. The lowest BCUT2D eigenvalue weighted by molar-refractivity contribution is -0.145. The highest BCUT2D eigenvalue weighted by Crippen LogP contribution is 2.43. The molecule has 0 bridgehead atoms. The van der Waals surface area contributed by atoms with Gasteiger partial charge in [-0.25, -0.2) is 0 Å². The maximum absolute atomic E-state index is 12.5. The second-order valence-electron chi connectivity index (χ2n) is 12.1. The Labute approximate surface area is 248 Å². The smallest absolute Gasteiger partial charge is 0.306 e. The fraction of sp³-hybridized carbons (Fsp3) is 0.686. The highest BCUT2D eigenvalue weighted by Gasteiger charge is 2.37. The topological polar surface area (TPSA) is 78.9 Å². The maximum atomic E-state index is 12.5. The Bertz CT molecular complexity index is 1010. The quantitative estimate of drug-likeness (QED) is 0.0635. The van der Waals surface area contributed by atoms with E-state index in [9.17, 15) is 14.4 Å². The first-order valence-electron chi connectivity index (χ1n) is 15.9. The average Bonchev–Trinajstić information content (AvgIpc) is 2.92. The van der Waals surface area contributed by atoms with Crippen LogP contribution in [-0.2, 0) is 27.4 Å². The number of ketones is 1. The number of carbonyl (C=O) groups excluding carboxylic acids is 3. The van der Waals surface area contributed by atoms with Crippen LogP contribution in [0.3, 0.4) is 0 Å². The number of hydrogen-bond donors (Lipinski definition) is 0. The van der Waals surface area contributed by atoms with E-state index in [-0.39, 0.29) is 24.8 Å². The van der Waals surface area contributed by atoms with Crippen molar-refractivity contribution in [2.75, 3.05) is 7.11 Å². The van der Waals surface area contributed by atoms with Gasteiger partial charge >= 0.3 is 5.97 Å². The van der Waals surface area contributed by atoms with Gasteiger partial charge in [-0.3, -0.25) is 14.4 Å². The molecule has 0 N–H and O–H groups in total. The van der Waals surface area contributed by atoms with Crippen molar-refractivity contribution >= 4 is 18.0 Å². The predicted octanol–water partition coefficient (Wildman–Crippen LogP) is 9.04. The molecule has 0 saturated carbocycles. The molecule has 2 rings (SSSR count). The van der Waals surface area contributed by atoms with Crippen LogP contribution >= 0.6 is 0 Å². The average molecular weight is 571 g/mol. The largest absolute Gasteiger partial charge is 0.496 e. The summed E-state index contributed by atoms with van der Waals surface area (Å²) in [5.41, 5.74) is 1.92. The first kappa shape index (κ1) is 34.6. The molecule has 1 heterocycles. The molecule has 1 aromatic rings. The molecule has 1 aromatic carbocycles. The van der Waals surface area contributed by atoms with Gasteiger partial charge in [0, 0.05) is 24.0 Å². The molecule has 0 aromatic heterocycles. The summed E-state index contributed by atoms with van der Waals surface area (Å²) in [5, 5.41) is 0. The third-order valence-electron chi connectivity index (χ3n) is 7.93. The summed E-state index contributed by atoms with van der Waals surface area (Å²) in [7, 11) is 1.58. The van der Waals surface area contributed by atoms with E-state index < -0.39 is 5.60 Å². The van der Waals surface area contributed by atoms with Crippen molar-refractivity contribution < 1.29 is 28.6 Å². The molecule has 0 spiro atoms. The van der Waals surface area contributed by atoms with E-state index in [0.29, 0.717) is 41.9 Å². The Morgan fingerprint density at radius 1 is 0.951 bits per heavy atom. The van der Waals surface area contributed by atoms with Crippen LogP contribution in [0, 0.1) is 0 Å². The van der Waals surface area contributed by atoms with E-state index >= 15 is 0 Å². The minimum Gasteiger partial charge on any atom is -0.496 e. The Kier molecular flexibility index (Phi) is 15.8. The number of fused-ring (bicyclic) bond motifs is 1. The molecule has 1 unspecified atom stereocenters. The fourth-order valence-electron chi connectivity index (χ4n) is 5.60. The minimum atomic E-state index is -0.734. The van der Waals surface area contributed by atoms with Gasteiger partial charge in [-0.1, -0.05) is 89.5 Å². The maximum Gasteiger partial charge on any atom is 0.306 e. The number of aldehydes is 1. The molecule has 1 atom stereocenters. The van der Waals surface area contributed by atoms with Gasteiger partial charge in [0.2, 0.25) is 0 Å². The monoisotopic (exact) mass is 570 g/mol. The SMILES string of the molecule is CCCCCCCCCCCCCCCC(=O)OCc1cc(OC)c2c(c1C=O)OC(C)(CC(=O)C=C(C)C)CC2. The molecule has 6 heteroatoms. The normalized spacial score (nSPS) is 15.9. The van der Waals surface area contributed by atoms with E-state index in [1.54, 1.807) is 19.3 Å². The lowest BCUT2D eigenvalue weighted by Gasteiger charge is -2.37. The van der Waals surface area contributed by atoms with Gasteiger partial charge in [0.25, 0.3) is 0 Å². The molecule has 0 radical (unpaired) electrons. The van der Waals surface area contributed by atoms with Gasteiger partial charge in [0.15, 0.2) is 12.1 Å². The molecular formula is C35H54O6. The zero-order chi connectivity index (χ0) is 30.1. The molecule has 41 heavy (non-hydrogen) atoms. The lowest BCUT2D eigenvalue weighted by atomic mass is 9.86. The van der Waals surface area contributed by atoms with Crippen LogP contribution in [0.5, 0.6) is 11.5 Å². The summed E-state index contributed by atoms with van der Waals surface area (Å²) in [6, 6.07) is 1.77. The summed E-state index contributed by atoms with van der Waals surface area (Å²) in [5.74, 6) is 0.764. The number of esters is 1.